The molecule has 10 heteroatoms. The van der Waals surface area contributed by atoms with Crippen LogP contribution in [0.3, 0.4) is 0 Å². The molecule has 0 aromatic carbocycles. The molecule has 0 spiro atoms. The van der Waals surface area contributed by atoms with Crippen LogP contribution in [0.4, 0.5) is 0 Å². The summed E-state index contributed by atoms with van der Waals surface area (Å²) in [4.78, 5) is 16.7. The van der Waals surface area contributed by atoms with E-state index in [1.807, 2.05) is 28.8 Å². The van der Waals surface area contributed by atoms with E-state index in [-0.39, 0.29) is 11.0 Å². The van der Waals surface area contributed by atoms with Crippen LogP contribution in [0.25, 0.3) is 17.2 Å². The van der Waals surface area contributed by atoms with E-state index >= 15 is 0 Å². The fourth-order valence-corrected chi connectivity index (χ4v) is 2.99. The number of nitrogens with one attached hydrogen (secondary N) is 1. The van der Waals surface area contributed by atoms with Crippen molar-refractivity contribution in [1.29, 1.82) is 0 Å². The van der Waals surface area contributed by atoms with E-state index < -0.39 is 9.84 Å². The van der Waals surface area contributed by atoms with Gasteiger partial charge in [0.1, 0.15) is 6.33 Å². The Bertz CT molecular complexity index is 1150. The SMILES string of the molecule is CS(=O)(=O)c1n[nH]c(-c2nc(Cc3cncnc3)c3ccccn23)n1. The van der Waals surface area contributed by atoms with Crippen molar-refractivity contribution in [2.75, 3.05) is 6.26 Å². The van der Waals surface area contributed by atoms with Gasteiger partial charge in [-0.1, -0.05) is 6.07 Å². The molecule has 0 aliphatic heterocycles. The first kappa shape index (κ1) is 15.4. The summed E-state index contributed by atoms with van der Waals surface area (Å²) in [6, 6.07) is 5.71. The second kappa shape index (κ2) is 5.74. The van der Waals surface area contributed by atoms with Gasteiger partial charge in [0, 0.05) is 31.3 Å². The number of aromatic amines is 1. The van der Waals surface area contributed by atoms with Crippen LogP contribution >= 0.6 is 0 Å². The van der Waals surface area contributed by atoms with Gasteiger partial charge >= 0.3 is 0 Å². The largest absolute Gasteiger partial charge is 0.297 e. The van der Waals surface area contributed by atoms with Crippen LogP contribution in [0.15, 0.2) is 48.3 Å². The van der Waals surface area contributed by atoms with Crippen molar-refractivity contribution >= 4 is 15.4 Å². The Morgan fingerprint density at radius 3 is 2.68 bits per heavy atom. The number of fused-ring (bicyclic) bond motifs is 1. The van der Waals surface area contributed by atoms with Crippen molar-refractivity contribution in [2.24, 2.45) is 0 Å². The van der Waals surface area contributed by atoms with Crippen LogP contribution in [0, 0.1) is 0 Å². The summed E-state index contributed by atoms with van der Waals surface area (Å²) in [5.41, 5.74) is 2.62. The third-order valence-electron chi connectivity index (χ3n) is 3.62. The summed E-state index contributed by atoms with van der Waals surface area (Å²) in [6.45, 7) is 0. The first-order valence-electron chi connectivity index (χ1n) is 7.35. The Labute approximate surface area is 142 Å². The summed E-state index contributed by atoms with van der Waals surface area (Å²) in [7, 11) is -3.49. The molecule has 0 saturated carbocycles. The normalized spacial score (nSPS) is 11.9. The predicted molar refractivity (Wildman–Crippen MR) is 88.5 cm³/mol. The first-order chi connectivity index (χ1) is 12.0. The average molecular weight is 355 g/mol. The highest BCUT2D eigenvalue weighted by atomic mass is 32.2. The van der Waals surface area contributed by atoms with Gasteiger partial charge < -0.3 is 0 Å². The molecule has 0 aliphatic carbocycles. The summed E-state index contributed by atoms with van der Waals surface area (Å²) in [5, 5.41) is 6.16. The number of hydrogen-bond acceptors (Lipinski definition) is 7. The van der Waals surface area contributed by atoms with Crippen molar-refractivity contribution in [3.8, 4) is 11.6 Å². The minimum atomic E-state index is -3.49. The summed E-state index contributed by atoms with van der Waals surface area (Å²) >= 11 is 0. The van der Waals surface area contributed by atoms with Gasteiger partial charge in [0.05, 0.1) is 11.2 Å². The third-order valence-corrected chi connectivity index (χ3v) is 4.46. The summed E-state index contributed by atoms with van der Waals surface area (Å²) in [6.07, 6.45) is 8.38. The lowest BCUT2D eigenvalue weighted by Gasteiger charge is -1.98. The van der Waals surface area contributed by atoms with E-state index in [1.165, 1.54) is 6.33 Å². The van der Waals surface area contributed by atoms with Crippen molar-refractivity contribution in [3.05, 3.63) is 54.4 Å². The lowest BCUT2D eigenvalue weighted by molar-refractivity contribution is 0.594. The Morgan fingerprint density at radius 2 is 1.96 bits per heavy atom. The number of nitrogens with zero attached hydrogens (tertiary/aromatic N) is 6. The maximum absolute atomic E-state index is 11.6. The number of H-pyrrole nitrogens is 1. The van der Waals surface area contributed by atoms with Gasteiger partial charge in [-0.3, -0.25) is 9.50 Å². The average Bonchev–Trinajstić information content (AvgIpc) is 3.21. The van der Waals surface area contributed by atoms with E-state index in [0.29, 0.717) is 12.2 Å². The van der Waals surface area contributed by atoms with Crippen LogP contribution < -0.4 is 0 Å². The number of aromatic nitrogens is 7. The molecule has 25 heavy (non-hydrogen) atoms. The zero-order chi connectivity index (χ0) is 17.4. The molecule has 9 nitrogen and oxygen atoms in total. The smallest absolute Gasteiger partial charge is 0.266 e. The first-order valence-corrected chi connectivity index (χ1v) is 9.24. The molecular weight excluding hydrogens is 342 g/mol. The minimum Gasteiger partial charge on any atom is -0.297 e. The van der Waals surface area contributed by atoms with Crippen LogP contribution in [0.2, 0.25) is 0 Å². The molecule has 4 aromatic heterocycles. The zero-order valence-corrected chi connectivity index (χ0v) is 14.0. The Morgan fingerprint density at radius 1 is 1.16 bits per heavy atom. The topological polar surface area (TPSA) is 119 Å². The lowest BCUT2D eigenvalue weighted by Crippen LogP contribution is -1.99. The van der Waals surface area contributed by atoms with Crippen LogP contribution in [-0.4, -0.2) is 49.2 Å². The molecule has 0 bridgehead atoms. The molecule has 0 fully saturated rings. The van der Waals surface area contributed by atoms with E-state index in [2.05, 4.69) is 30.1 Å². The fraction of sp³-hybridized carbons (Fsp3) is 0.133. The highest BCUT2D eigenvalue weighted by Gasteiger charge is 2.19. The molecular formula is C15H13N7O2S. The molecule has 4 heterocycles. The maximum Gasteiger partial charge on any atom is 0.266 e. The molecule has 4 rings (SSSR count). The number of hydrogen-bond donors (Lipinski definition) is 1. The van der Waals surface area contributed by atoms with E-state index in [1.54, 1.807) is 12.4 Å². The maximum atomic E-state index is 11.6. The van der Waals surface area contributed by atoms with Crippen LogP contribution in [0.1, 0.15) is 11.3 Å². The fourth-order valence-electron chi connectivity index (χ4n) is 2.53. The Hall–Kier alpha value is -3.14. The molecule has 0 unspecified atom stereocenters. The van der Waals surface area contributed by atoms with Crippen molar-refractivity contribution in [3.63, 3.8) is 0 Å². The van der Waals surface area contributed by atoms with Crippen LogP contribution in [-0.2, 0) is 16.3 Å². The highest BCUT2D eigenvalue weighted by molar-refractivity contribution is 7.90. The zero-order valence-electron chi connectivity index (χ0n) is 13.2. The van der Waals surface area contributed by atoms with Crippen molar-refractivity contribution in [2.45, 2.75) is 11.6 Å². The third kappa shape index (κ3) is 2.87. The Kier molecular flexibility index (Phi) is 3.53. The van der Waals surface area contributed by atoms with Gasteiger partial charge in [0.25, 0.3) is 5.16 Å². The molecule has 1 N–H and O–H groups in total. The van der Waals surface area contributed by atoms with Crippen molar-refractivity contribution in [1.82, 2.24) is 34.5 Å². The molecule has 0 aliphatic rings. The predicted octanol–water partition coefficient (Wildman–Crippen LogP) is 0.904. The van der Waals surface area contributed by atoms with Gasteiger partial charge in [-0.15, -0.1) is 5.10 Å². The monoisotopic (exact) mass is 355 g/mol. The van der Waals surface area contributed by atoms with E-state index in [9.17, 15) is 8.42 Å². The quantitative estimate of drug-likeness (QED) is 0.578. The minimum absolute atomic E-state index is 0.256. The molecule has 126 valence electrons. The number of imidazole rings is 1. The van der Waals surface area contributed by atoms with Gasteiger partial charge in [0.15, 0.2) is 11.6 Å². The Balaban J connectivity index is 1.84. The van der Waals surface area contributed by atoms with Crippen LogP contribution in [0.5, 0.6) is 0 Å². The van der Waals surface area contributed by atoms with Gasteiger partial charge in [-0.2, -0.15) is 4.98 Å². The molecule has 0 atom stereocenters. The second-order valence-corrected chi connectivity index (χ2v) is 7.41. The highest BCUT2D eigenvalue weighted by Crippen LogP contribution is 2.22. The van der Waals surface area contributed by atoms with Gasteiger partial charge in [0.2, 0.25) is 9.84 Å². The summed E-state index contributed by atoms with van der Waals surface area (Å²) < 4.78 is 25.0. The summed E-state index contributed by atoms with van der Waals surface area (Å²) in [5.74, 6) is 0.780. The van der Waals surface area contributed by atoms with Gasteiger partial charge in [-0.25, -0.2) is 23.4 Å². The number of rotatable bonds is 4. The molecule has 0 radical (unpaired) electrons. The standard InChI is InChI=1S/C15H13N7O2S/c1-25(23,24)15-19-13(20-21-15)14-18-11(6-10-7-16-9-17-8-10)12-4-2-3-5-22(12)14/h2-5,7-9H,6H2,1H3,(H,19,20,21). The van der Waals surface area contributed by atoms with E-state index in [4.69, 9.17) is 0 Å². The number of pyridine rings is 1. The molecule has 0 amide bonds. The lowest BCUT2D eigenvalue weighted by atomic mass is 10.2. The molecule has 4 aromatic rings. The van der Waals surface area contributed by atoms with Crippen molar-refractivity contribution < 1.29 is 8.42 Å². The second-order valence-electron chi connectivity index (χ2n) is 5.50. The van der Waals surface area contributed by atoms with E-state index in [0.717, 1.165) is 23.0 Å². The van der Waals surface area contributed by atoms with Gasteiger partial charge in [-0.05, 0) is 17.7 Å². The number of sulfone groups is 1. The molecule has 0 saturated heterocycles.